The second-order valence-electron chi connectivity index (χ2n) is 8.56. The minimum absolute atomic E-state index is 0.129. The fraction of sp³-hybridized carbons (Fsp3) is 0.478. The number of hydrogen-bond acceptors (Lipinski definition) is 7. The van der Waals surface area contributed by atoms with Gasteiger partial charge in [-0.3, -0.25) is 0 Å². The average Bonchev–Trinajstić information content (AvgIpc) is 3.23. The second-order valence-corrected chi connectivity index (χ2v) is 10.3. The Morgan fingerprint density at radius 3 is 2.47 bits per heavy atom. The van der Waals surface area contributed by atoms with Gasteiger partial charge in [-0.1, -0.05) is 48.0 Å². The Bertz CT molecular complexity index is 1010. The average molecular weight is 464 g/mol. The lowest BCUT2D eigenvalue weighted by Crippen LogP contribution is -2.47. The molecular weight excluding hydrogens is 434 g/mol. The zero-order valence-electron chi connectivity index (χ0n) is 18.3. The third kappa shape index (κ3) is 5.20. The van der Waals surface area contributed by atoms with E-state index in [2.05, 4.69) is 4.72 Å². The summed E-state index contributed by atoms with van der Waals surface area (Å²) in [6, 6.07) is 16.1. The van der Waals surface area contributed by atoms with Gasteiger partial charge in [0.05, 0.1) is 17.6 Å². The van der Waals surface area contributed by atoms with Crippen LogP contribution in [0.15, 0.2) is 59.5 Å². The van der Waals surface area contributed by atoms with Crippen molar-refractivity contribution in [1.82, 2.24) is 4.72 Å². The van der Waals surface area contributed by atoms with Crippen LogP contribution in [-0.2, 0) is 35.6 Å². The molecule has 2 aliphatic rings. The molecular formula is C23H29NO7S. The summed E-state index contributed by atoms with van der Waals surface area (Å²) in [4.78, 5) is 0.129. The predicted molar refractivity (Wildman–Crippen MR) is 116 cm³/mol. The maximum absolute atomic E-state index is 12.6. The molecule has 0 amide bonds. The summed E-state index contributed by atoms with van der Waals surface area (Å²) < 4.78 is 51.4. The van der Waals surface area contributed by atoms with Crippen molar-refractivity contribution < 1.29 is 32.5 Å². The number of fused-ring (bicyclic) bond motifs is 1. The molecule has 9 heteroatoms. The molecule has 2 aliphatic heterocycles. The SMILES string of the molecule is Cc1ccc(S(=O)(=O)NC[C@@H](O)[C@H]2O[C@@H]3OC(C)(C)O[C@@H]3[C@H]2OCc2ccccc2)cc1. The van der Waals surface area contributed by atoms with Crippen LogP contribution in [0.2, 0.25) is 0 Å². The van der Waals surface area contributed by atoms with E-state index < -0.39 is 46.5 Å². The van der Waals surface area contributed by atoms with Crippen molar-refractivity contribution in [2.75, 3.05) is 6.54 Å². The molecule has 2 heterocycles. The Kier molecular flexibility index (Phi) is 6.69. The van der Waals surface area contributed by atoms with E-state index in [1.807, 2.05) is 37.3 Å². The number of aliphatic hydroxyl groups excluding tert-OH is 1. The Hall–Kier alpha value is -1.85. The summed E-state index contributed by atoms with van der Waals surface area (Å²) in [7, 11) is -3.78. The van der Waals surface area contributed by atoms with E-state index in [-0.39, 0.29) is 11.4 Å². The molecule has 174 valence electrons. The molecule has 0 aliphatic carbocycles. The molecule has 2 fully saturated rings. The van der Waals surface area contributed by atoms with Crippen molar-refractivity contribution in [3.8, 4) is 0 Å². The molecule has 32 heavy (non-hydrogen) atoms. The maximum Gasteiger partial charge on any atom is 0.240 e. The molecule has 0 unspecified atom stereocenters. The molecule has 0 aromatic heterocycles. The number of sulfonamides is 1. The monoisotopic (exact) mass is 463 g/mol. The van der Waals surface area contributed by atoms with Crippen molar-refractivity contribution in [2.45, 2.75) is 68.8 Å². The Balaban J connectivity index is 1.44. The first-order valence-electron chi connectivity index (χ1n) is 10.6. The fourth-order valence-corrected chi connectivity index (χ4v) is 4.93. The number of hydrogen-bond donors (Lipinski definition) is 2. The highest BCUT2D eigenvalue weighted by Crippen LogP contribution is 2.40. The quantitative estimate of drug-likeness (QED) is 0.618. The third-order valence-electron chi connectivity index (χ3n) is 5.51. The highest BCUT2D eigenvalue weighted by Gasteiger charge is 2.57. The van der Waals surface area contributed by atoms with Crippen LogP contribution in [0.25, 0.3) is 0 Å². The molecule has 0 bridgehead atoms. The summed E-state index contributed by atoms with van der Waals surface area (Å²) in [6.07, 6.45) is -3.88. The first-order chi connectivity index (χ1) is 15.1. The van der Waals surface area contributed by atoms with Gasteiger partial charge in [-0.2, -0.15) is 0 Å². The molecule has 0 radical (unpaired) electrons. The lowest BCUT2D eigenvalue weighted by Gasteiger charge is -2.28. The van der Waals surface area contributed by atoms with E-state index in [0.29, 0.717) is 6.61 Å². The Morgan fingerprint density at radius 2 is 1.78 bits per heavy atom. The summed E-state index contributed by atoms with van der Waals surface area (Å²) >= 11 is 0. The Morgan fingerprint density at radius 1 is 1.09 bits per heavy atom. The lowest BCUT2D eigenvalue weighted by molar-refractivity contribution is -0.229. The van der Waals surface area contributed by atoms with Gasteiger partial charge in [-0.15, -0.1) is 0 Å². The van der Waals surface area contributed by atoms with Crippen LogP contribution in [0.3, 0.4) is 0 Å². The van der Waals surface area contributed by atoms with Crippen LogP contribution in [0.5, 0.6) is 0 Å². The molecule has 0 saturated carbocycles. The molecule has 0 spiro atoms. The van der Waals surface area contributed by atoms with Gasteiger partial charge in [0.2, 0.25) is 10.0 Å². The van der Waals surface area contributed by atoms with Crippen LogP contribution in [-0.4, -0.2) is 56.6 Å². The minimum atomic E-state index is -3.78. The van der Waals surface area contributed by atoms with E-state index >= 15 is 0 Å². The number of aryl methyl sites for hydroxylation is 1. The zero-order valence-corrected chi connectivity index (χ0v) is 19.1. The zero-order chi connectivity index (χ0) is 22.9. The smallest absolute Gasteiger partial charge is 0.240 e. The molecule has 2 aromatic carbocycles. The van der Waals surface area contributed by atoms with Gasteiger partial charge in [0.25, 0.3) is 0 Å². The van der Waals surface area contributed by atoms with Crippen molar-refractivity contribution >= 4 is 10.0 Å². The largest absolute Gasteiger partial charge is 0.389 e. The van der Waals surface area contributed by atoms with Crippen LogP contribution in [0.4, 0.5) is 0 Å². The topological polar surface area (TPSA) is 103 Å². The third-order valence-corrected chi connectivity index (χ3v) is 6.94. The van der Waals surface area contributed by atoms with Gasteiger partial charge in [-0.05, 0) is 38.5 Å². The van der Waals surface area contributed by atoms with Gasteiger partial charge in [0.1, 0.15) is 18.3 Å². The number of rotatable bonds is 8. The second kappa shape index (κ2) is 9.18. The molecule has 4 rings (SSSR count). The molecule has 2 N–H and O–H groups in total. The normalized spacial score (nSPS) is 27.9. The molecule has 2 saturated heterocycles. The lowest BCUT2D eigenvalue weighted by atomic mass is 10.1. The first-order valence-corrected chi connectivity index (χ1v) is 12.0. The number of aliphatic hydroxyl groups is 1. The van der Waals surface area contributed by atoms with Gasteiger partial charge in [-0.25, -0.2) is 13.1 Å². The van der Waals surface area contributed by atoms with E-state index in [4.69, 9.17) is 18.9 Å². The van der Waals surface area contributed by atoms with Crippen molar-refractivity contribution in [1.29, 1.82) is 0 Å². The van der Waals surface area contributed by atoms with Crippen LogP contribution in [0, 0.1) is 6.92 Å². The van der Waals surface area contributed by atoms with Crippen LogP contribution >= 0.6 is 0 Å². The van der Waals surface area contributed by atoms with E-state index in [0.717, 1.165) is 11.1 Å². The summed E-state index contributed by atoms with van der Waals surface area (Å²) in [5, 5.41) is 10.8. The van der Waals surface area contributed by atoms with Crippen molar-refractivity contribution in [2.24, 2.45) is 0 Å². The number of nitrogens with one attached hydrogen (secondary N) is 1. The number of ether oxygens (including phenoxy) is 4. The van der Waals surface area contributed by atoms with Crippen LogP contribution in [0.1, 0.15) is 25.0 Å². The molecule has 8 nitrogen and oxygen atoms in total. The molecule has 5 atom stereocenters. The summed E-state index contributed by atoms with van der Waals surface area (Å²) in [5.74, 6) is -0.841. The van der Waals surface area contributed by atoms with Crippen LogP contribution < -0.4 is 4.72 Å². The van der Waals surface area contributed by atoms with Crippen molar-refractivity contribution in [3.05, 3.63) is 65.7 Å². The Labute approximate surface area is 188 Å². The first kappa shape index (κ1) is 23.3. The van der Waals surface area contributed by atoms with E-state index in [9.17, 15) is 13.5 Å². The summed E-state index contributed by atoms with van der Waals surface area (Å²) in [5.41, 5.74) is 1.92. The standard InChI is InChI=1S/C23H29NO7S/c1-15-9-11-17(12-10-15)32(26,27)24-13-18(25)19-20(28-14-16-7-5-4-6-8-16)21-22(29-19)31-23(2,3)30-21/h4-12,18-22,24-25H,13-14H2,1-3H3/t18-,19-,20+,21-,22-/m1/s1. The fourth-order valence-electron chi connectivity index (χ4n) is 3.88. The number of benzene rings is 2. The minimum Gasteiger partial charge on any atom is -0.389 e. The summed E-state index contributed by atoms with van der Waals surface area (Å²) in [6.45, 7) is 5.49. The van der Waals surface area contributed by atoms with Crippen molar-refractivity contribution in [3.63, 3.8) is 0 Å². The maximum atomic E-state index is 12.6. The molecule has 2 aromatic rings. The predicted octanol–water partition coefficient (Wildman–Crippen LogP) is 2.10. The highest BCUT2D eigenvalue weighted by molar-refractivity contribution is 7.89. The van der Waals surface area contributed by atoms with E-state index in [1.54, 1.807) is 26.0 Å². The van der Waals surface area contributed by atoms with E-state index in [1.165, 1.54) is 12.1 Å². The van der Waals surface area contributed by atoms with Gasteiger partial charge >= 0.3 is 0 Å². The van der Waals surface area contributed by atoms with Gasteiger partial charge in [0, 0.05) is 6.54 Å². The highest BCUT2D eigenvalue weighted by atomic mass is 32.2. The van der Waals surface area contributed by atoms with Gasteiger partial charge in [0.15, 0.2) is 12.1 Å². The van der Waals surface area contributed by atoms with Gasteiger partial charge < -0.3 is 24.1 Å².